The minimum absolute atomic E-state index is 0.739. The molecule has 2 aromatic carbocycles. The lowest BCUT2D eigenvalue weighted by atomic mass is 10.2. The van der Waals surface area contributed by atoms with Crippen molar-refractivity contribution < 1.29 is 4.84 Å². The van der Waals surface area contributed by atoms with Crippen LogP contribution in [0.2, 0.25) is 0 Å². The highest BCUT2D eigenvalue weighted by atomic mass is 16.7. The average Bonchev–Trinajstić information content (AvgIpc) is 3.15. The fourth-order valence-electron chi connectivity index (χ4n) is 3.29. The maximum atomic E-state index is 6.11. The summed E-state index contributed by atoms with van der Waals surface area (Å²) in [5.41, 5.74) is 2.31. The fourth-order valence-corrected chi connectivity index (χ4v) is 3.29. The molecule has 0 aliphatic carbocycles. The van der Waals surface area contributed by atoms with Crippen molar-refractivity contribution in [3.8, 4) is 0 Å². The van der Waals surface area contributed by atoms with Gasteiger partial charge in [0.15, 0.2) is 0 Å². The molecule has 2 heterocycles. The predicted octanol–water partition coefficient (Wildman–Crippen LogP) is 3.32. The Morgan fingerprint density at radius 1 is 0.810 bits per heavy atom. The first-order chi connectivity index (χ1) is 10.4. The first-order valence-corrected chi connectivity index (χ1v) is 7.77. The predicted molar refractivity (Wildman–Crippen MR) is 86.6 cm³/mol. The van der Waals surface area contributed by atoms with Gasteiger partial charge in [0, 0.05) is 17.3 Å². The van der Waals surface area contributed by atoms with Gasteiger partial charge in [-0.15, -0.1) is 0 Å². The van der Waals surface area contributed by atoms with E-state index in [9.17, 15) is 0 Å². The Balaban J connectivity index is 1.65. The van der Waals surface area contributed by atoms with Gasteiger partial charge in [-0.3, -0.25) is 4.90 Å². The number of rotatable bonds is 4. The van der Waals surface area contributed by atoms with Crippen LogP contribution in [0, 0.1) is 0 Å². The lowest BCUT2D eigenvalue weighted by molar-refractivity contribution is 0.108. The molecule has 1 aromatic heterocycles. The molecule has 3 aromatic rings. The fraction of sp³-hybridized carbons (Fsp3) is 0.333. The highest BCUT2D eigenvalue weighted by Gasteiger charge is 2.13. The van der Waals surface area contributed by atoms with E-state index >= 15 is 0 Å². The van der Waals surface area contributed by atoms with Gasteiger partial charge in [0.1, 0.15) is 6.61 Å². The van der Waals surface area contributed by atoms with Gasteiger partial charge in [0.25, 0.3) is 0 Å². The Hall–Kier alpha value is -2.00. The second-order valence-corrected chi connectivity index (χ2v) is 5.71. The van der Waals surface area contributed by atoms with Crippen LogP contribution in [0.15, 0.2) is 48.5 Å². The van der Waals surface area contributed by atoms with Gasteiger partial charge in [0.2, 0.25) is 0 Å². The molecule has 3 heteroatoms. The molecule has 0 N–H and O–H groups in total. The summed E-state index contributed by atoms with van der Waals surface area (Å²) in [7, 11) is 0. The van der Waals surface area contributed by atoms with Crippen LogP contribution in [0.25, 0.3) is 21.8 Å². The summed E-state index contributed by atoms with van der Waals surface area (Å²) in [6.45, 7) is 4.19. The number of hydrogen-bond donors (Lipinski definition) is 0. The molecule has 0 radical (unpaired) electrons. The number of likely N-dealkylation sites (tertiary alicyclic amines) is 1. The highest BCUT2D eigenvalue weighted by Crippen LogP contribution is 2.27. The molecule has 1 saturated heterocycles. The van der Waals surface area contributed by atoms with Crippen molar-refractivity contribution in [2.75, 3.05) is 26.2 Å². The van der Waals surface area contributed by atoms with Gasteiger partial charge >= 0.3 is 0 Å². The molecule has 3 nitrogen and oxygen atoms in total. The van der Waals surface area contributed by atoms with Crippen LogP contribution in [0.5, 0.6) is 0 Å². The molecule has 1 fully saturated rings. The van der Waals surface area contributed by atoms with Gasteiger partial charge in [-0.1, -0.05) is 36.4 Å². The quantitative estimate of drug-likeness (QED) is 0.729. The van der Waals surface area contributed by atoms with Gasteiger partial charge in [-0.25, -0.2) is 0 Å². The summed E-state index contributed by atoms with van der Waals surface area (Å²) in [6.07, 6.45) is 2.66. The van der Waals surface area contributed by atoms with Crippen molar-refractivity contribution in [2.24, 2.45) is 0 Å². The van der Waals surface area contributed by atoms with Crippen molar-refractivity contribution in [2.45, 2.75) is 12.8 Å². The number of hydrogen-bond acceptors (Lipinski definition) is 2. The van der Waals surface area contributed by atoms with Crippen LogP contribution in [0.4, 0.5) is 0 Å². The Morgan fingerprint density at radius 2 is 1.38 bits per heavy atom. The van der Waals surface area contributed by atoms with Gasteiger partial charge in [0.05, 0.1) is 11.0 Å². The van der Waals surface area contributed by atoms with E-state index in [1.54, 1.807) is 0 Å². The lowest BCUT2D eigenvalue weighted by Gasteiger charge is -2.16. The maximum Gasteiger partial charge on any atom is 0.127 e. The zero-order valence-electron chi connectivity index (χ0n) is 12.2. The Morgan fingerprint density at radius 3 is 2.00 bits per heavy atom. The van der Waals surface area contributed by atoms with E-state index in [1.807, 2.05) is 4.73 Å². The molecule has 0 saturated carbocycles. The van der Waals surface area contributed by atoms with Crippen LogP contribution in [0.3, 0.4) is 0 Å². The zero-order valence-corrected chi connectivity index (χ0v) is 12.2. The third-order valence-electron chi connectivity index (χ3n) is 4.36. The molecule has 108 valence electrons. The third kappa shape index (κ3) is 2.28. The van der Waals surface area contributed by atoms with Crippen LogP contribution < -0.4 is 4.84 Å². The van der Waals surface area contributed by atoms with Crippen molar-refractivity contribution in [3.63, 3.8) is 0 Å². The van der Waals surface area contributed by atoms with Crippen LogP contribution in [0.1, 0.15) is 12.8 Å². The third-order valence-corrected chi connectivity index (χ3v) is 4.36. The van der Waals surface area contributed by atoms with Crippen molar-refractivity contribution in [1.29, 1.82) is 0 Å². The van der Waals surface area contributed by atoms with Crippen LogP contribution in [-0.2, 0) is 0 Å². The van der Waals surface area contributed by atoms with E-state index in [-0.39, 0.29) is 0 Å². The highest BCUT2D eigenvalue weighted by molar-refractivity contribution is 6.07. The standard InChI is InChI=1S/C18H20N2O/c1-3-9-17-15(7-1)16-8-2-4-10-18(16)20(17)21-14-13-19-11-5-6-12-19/h1-4,7-10H,5-6,11-14H2. The van der Waals surface area contributed by atoms with E-state index in [0.717, 1.165) is 24.2 Å². The van der Waals surface area contributed by atoms with Gasteiger partial charge < -0.3 is 4.84 Å². The second-order valence-electron chi connectivity index (χ2n) is 5.71. The molecule has 0 amide bonds. The molecule has 1 aliphatic rings. The first-order valence-electron chi connectivity index (χ1n) is 7.77. The average molecular weight is 280 g/mol. The molecule has 0 spiro atoms. The van der Waals surface area contributed by atoms with Crippen LogP contribution in [-0.4, -0.2) is 35.9 Å². The molecule has 0 unspecified atom stereocenters. The first kappa shape index (κ1) is 12.7. The SMILES string of the molecule is c1ccc2c(c1)c1ccccc1n2OCCN1CCCC1. The molecule has 4 rings (SSSR count). The minimum Gasteiger partial charge on any atom is -0.412 e. The minimum atomic E-state index is 0.739. The van der Waals surface area contributed by atoms with Crippen molar-refractivity contribution >= 4 is 21.8 Å². The van der Waals surface area contributed by atoms with Gasteiger partial charge in [-0.2, -0.15) is 4.73 Å². The Labute approximate surface area is 124 Å². The zero-order chi connectivity index (χ0) is 14.1. The number of fused-ring (bicyclic) bond motifs is 3. The molecule has 1 aliphatic heterocycles. The van der Waals surface area contributed by atoms with E-state index < -0.39 is 0 Å². The Kier molecular flexibility index (Phi) is 3.28. The van der Waals surface area contributed by atoms with Gasteiger partial charge in [-0.05, 0) is 38.1 Å². The smallest absolute Gasteiger partial charge is 0.127 e. The van der Waals surface area contributed by atoms with Crippen molar-refractivity contribution in [3.05, 3.63) is 48.5 Å². The maximum absolute atomic E-state index is 6.11. The van der Waals surface area contributed by atoms with E-state index in [4.69, 9.17) is 4.84 Å². The number of benzene rings is 2. The number of para-hydroxylation sites is 2. The summed E-state index contributed by atoms with van der Waals surface area (Å²) >= 11 is 0. The summed E-state index contributed by atoms with van der Waals surface area (Å²) < 4.78 is 2.00. The largest absolute Gasteiger partial charge is 0.412 e. The second kappa shape index (κ2) is 5.41. The molecular formula is C18H20N2O. The summed E-state index contributed by atoms with van der Waals surface area (Å²) in [5, 5.41) is 2.52. The molecular weight excluding hydrogens is 260 g/mol. The topological polar surface area (TPSA) is 17.4 Å². The van der Waals surface area contributed by atoms with Crippen molar-refractivity contribution in [1.82, 2.24) is 9.63 Å². The summed E-state index contributed by atoms with van der Waals surface area (Å²) in [5.74, 6) is 0. The monoisotopic (exact) mass is 280 g/mol. The normalized spacial score (nSPS) is 16.0. The number of nitrogens with zero attached hydrogens (tertiary/aromatic N) is 2. The van der Waals surface area contributed by atoms with E-state index in [1.165, 1.54) is 36.7 Å². The summed E-state index contributed by atoms with van der Waals surface area (Å²) in [4.78, 5) is 8.59. The summed E-state index contributed by atoms with van der Waals surface area (Å²) in [6, 6.07) is 16.9. The molecule has 0 atom stereocenters. The molecule has 0 bridgehead atoms. The van der Waals surface area contributed by atoms with Crippen LogP contribution >= 0.6 is 0 Å². The number of aromatic nitrogens is 1. The Bertz CT molecular complexity index is 703. The lowest BCUT2D eigenvalue weighted by Crippen LogP contribution is -2.27. The van der Waals surface area contributed by atoms with E-state index in [0.29, 0.717) is 0 Å². The van der Waals surface area contributed by atoms with E-state index in [2.05, 4.69) is 53.4 Å². The molecule has 21 heavy (non-hydrogen) atoms.